The van der Waals surface area contributed by atoms with Gasteiger partial charge in [-0.25, -0.2) is 0 Å². The van der Waals surface area contributed by atoms with Crippen molar-refractivity contribution in [2.24, 2.45) is 0 Å². The van der Waals surface area contributed by atoms with E-state index in [1.165, 1.54) is 0 Å². The fourth-order valence-corrected chi connectivity index (χ4v) is 3.89. The fourth-order valence-electron chi connectivity index (χ4n) is 3.89. The molecule has 0 radical (unpaired) electrons. The molecule has 0 spiro atoms. The molecule has 3 rings (SSSR count). The van der Waals surface area contributed by atoms with Crippen LogP contribution in [0.2, 0.25) is 0 Å². The van der Waals surface area contributed by atoms with Crippen molar-refractivity contribution >= 4 is 11.9 Å². The molecule has 1 heterocycles. The summed E-state index contributed by atoms with van der Waals surface area (Å²) < 4.78 is 5.14. The number of ether oxygens (including phenoxy) is 1. The molecule has 1 N–H and O–H groups in total. The zero-order valence-corrected chi connectivity index (χ0v) is 16.5. The third-order valence-electron chi connectivity index (χ3n) is 5.27. The van der Waals surface area contributed by atoms with Gasteiger partial charge in [-0.05, 0) is 31.5 Å². The maximum Gasteiger partial charge on any atom is 0.323 e. The molecule has 2 atom stereocenters. The van der Waals surface area contributed by atoms with Gasteiger partial charge in [0.2, 0.25) is 5.91 Å². The van der Waals surface area contributed by atoms with E-state index in [-0.39, 0.29) is 29.9 Å². The van der Waals surface area contributed by atoms with Gasteiger partial charge in [-0.1, -0.05) is 60.7 Å². The standard InChI is InChI=1S/C23H28N2O3/c1-3-28-23(27)21-14-19(16-25(21)2)24-22(26)15-20(17-10-6-4-7-11-17)18-12-8-5-9-13-18/h4-13,19-21H,3,14-16H2,1-2H3,(H,24,26). The van der Waals surface area contributed by atoms with Crippen LogP contribution in [-0.2, 0) is 14.3 Å². The summed E-state index contributed by atoms with van der Waals surface area (Å²) in [6, 6.07) is 19.9. The topological polar surface area (TPSA) is 58.6 Å². The highest BCUT2D eigenvalue weighted by molar-refractivity contribution is 5.79. The monoisotopic (exact) mass is 380 g/mol. The van der Waals surface area contributed by atoms with Gasteiger partial charge in [-0.2, -0.15) is 0 Å². The zero-order valence-electron chi connectivity index (χ0n) is 16.5. The lowest BCUT2D eigenvalue weighted by Crippen LogP contribution is -2.37. The van der Waals surface area contributed by atoms with Gasteiger partial charge in [0.15, 0.2) is 0 Å². The smallest absolute Gasteiger partial charge is 0.323 e. The SMILES string of the molecule is CCOC(=O)C1CC(NC(=O)CC(c2ccccc2)c2ccccc2)CN1C. The van der Waals surface area contributed by atoms with Gasteiger partial charge in [-0.15, -0.1) is 0 Å². The van der Waals surface area contributed by atoms with Crippen LogP contribution in [0.1, 0.15) is 36.8 Å². The highest BCUT2D eigenvalue weighted by Gasteiger charge is 2.36. The van der Waals surface area contributed by atoms with E-state index in [0.717, 1.165) is 11.1 Å². The second-order valence-corrected chi connectivity index (χ2v) is 7.29. The average Bonchev–Trinajstić information content (AvgIpc) is 3.07. The number of hydrogen-bond acceptors (Lipinski definition) is 4. The van der Waals surface area contributed by atoms with Gasteiger partial charge < -0.3 is 10.1 Å². The highest BCUT2D eigenvalue weighted by Crippen LogP contribution is 2.28. The minimum Gasteiger partial charge on any atom is -0.465 e. The maximum atomic E-state index is 12.8. The Morgan fingerprint density at radius 3 is 2.18 bits per heavy atom. The lowest BCUT2D eigenvalue weighted by Gasteiger charge is -2.19. The Kier molecular flexibility index (Phi) is 6.82. The Hall–Kier alpha value is -2.66. The molecule has 2 aromatic rings. The normalized spacial score (nSPS) is 19.5. The summed E-state index contributed by atoms with van der Waals surface area (Å²) in [7, 11) is 1.89. The van der Waals surface area contributed by atoms with Crippen molar-refractivity contribution in [2.75, 3.05) is 20.2 Å². The number of likely N-dealkylation sites (tertiary alicyclic amines) is 1. The van der Waals surface area contributed by atoms with Gasteiger partial charge in [-0.3, -0.25) is 14.5 Å². The van der Waals surface area contributed by atoms with Crippen LogP contribution in [-0.4, -0.2) is 49.1 Å². The number of esters is 1. The van der Waals surface area contributed by atoms with Gasteiger partial charge in [0.05, 0.1) is 6.61 Å². The van der Waals surface area contributed by atoms with Gasteiger partial charge in [0.1, 0.15) is 6.04 Å². The van der Waals surface area contributed by atoms with E-state index in [0.29, 0.717) is 26.0 Å². The van der Waals surface area contributed by atoms with E-state index in [2.05, 4.69) is 29.6 Å². The lowest BCUT2D eigenvalue weighted by molar-refractivity contribution is -0.148. The number of amides is 1. The molecule has 1 amide bonds. The van der Waals surface area contributed by atoms with Crippen molar-refractivity contribution in [3.05, 3.63) is 71.8 Å². The van der Waals surface area contributed by atoms with Crippen molar-refractivity contribution in [2.45, 2.75) is 37.8 Å². The summed E-state index contributed by atoms with van der Waals surface area (Å²) in [6.45, 7) is 2.83. The van der Waals surface area contributed by atoms with Crippen LogP contribution in [0, 0.1) is 0 Å². The predicted molar refractivity (Wildman–Crippen MR) is 109 cm³/mol. The van der Waals surface area contributed by atoms with Crippen LogP contribution in [0.3, 0.4) is 0 Å². The number of carbonyl (C=O) groups is 2. The van der Waals surface area contributed by atoms with Gasteiger partial charge >= 0.3 is 5.97 Å². The molecule has 0 aromatic heterocycles. The highest BCUT2D eigenvalue weighted by atomic mass is 16.5. The molecule has 0 aliphatic carbocycles. The largest absolute Gasteiger partial charge is 0.465 e. The van der Waals surface area contributed by atoms with Crippen LogP contribution < -0.4 is 5.32 Å². The molecule has 1 fully saturated rings. The fraction of sp³-hybridized carbons (Fsp3) is 0.391. The summed E-state index contributed by atoms with van der Waals surface area (Å²) >= 11 is 0. The number of hydrogen-bond donors (Lipinski definition) is 1. The Bertz CT molecular complexity index is 739. The molecule has 5 nitrogen and oxygen atoms in total. The molecule has 1 saturated heterocycles. The molecule has 2 aromatic carbocycles. The first-order valence-electron chi connectivity index (χ1n) is 9.84. The minimum absolute atomic E-state index is 0.000569. The first kappa shape index (κ1) is 20.1. The van der Waals surface area contributed by atoms with Crippen LogP contribution in [0.25, 0.3) is 0 Å². The van der Waals surface area contributed by atoms with Crippen LogP contribution in [0.15, 0.2) is 60.7 Å². The number of benzene rings is 2. The number of nitrogens with one attached hydrogen (secondary N) is 1. The molecule has 148 valence electrons. The number of carbonyl (C=O) groups excluding carboxylic acids is 2. The summed E-state index contributed by atoms with van der Waals surface area (Å²) in [5.74, 6) is -0.212. The summed E-state index contributed by atoms with van der Waals surface area (Å²) in [4.78, 5) is 26.8. The van der Waals surface area contributed by atoms with Gasteiger partial charge in [0.25, 0.3) is 0 Å². The third kappa shape index (κ3) is 4.98. The molecule has 2 unspecified atom stereocenters. The van der Waals surface area contributed by atoms with Crippen molar-refractivity contribution in [1.82, 2.24) is 10.2 Å². The van der Waals surface area contributed by atoms with Gasteiger partial charge in [0, 0.05) is 24.9 Å². The van der Waals surface area contributed by atoms with Crippen LogP contribution in [0.4, 0.5) is 0 Å². The third-order valence-corrected chi connectivity index (χ3v) is 5.27. The van der Waals surface area contributed by atoms with E-state index in [9.17, 15) is 9.59 Å². The molecule has 0 saturated carbocycles. The summed E-state index contributed by atoms with van der Waals surface area (Å²) in [6.07, 6.45) is 0.959. The first-order valence-corrected chi connectivity index (χ1v) is 9.84. The van der Waals surface area contributed by atoms with Crippen molar-refractivity contribution in [3.63, 3.8) is 0 Å². The Balaban J connectivity index is 1.66. The molecular formula is C23H28N2O3. The predicted octanol–water partition coefficient (Wildman–Crippen LogP) is 2.96. The lowest BCUT2D eigenvalue weighted by atomic mass is 9.88. The van der Waals surface area contributed by atoms with Crippen molar-refractivity contribution in [1.29, 1.82) is 0 Å². The van der Waals surface area contributed by atoms with Crippen molar-refractivity contribution < 1.29 is 14.3 Å². The van der Waals surface area contributed by atoms with E-state index in [1.54, 1.807) is 6.92 Å². The van der Waals surface area contributed by atoms with E-state index >= 15 is 0 Å². The Morgan fingerprint density at radius 1 is 1.07 bits per heavy atom. The number of rotatable bonds is 7. The molecule has 5 heteroatoms. The summed E-state index contributed by atoms with van der Waals surface area (Å²) in [5.41, 5.74) is 2.24. The Morgan fingerprint density at radius 2 is 1.64 bits per heavy atom. The molecule has 1 aliphatic rings. The van der Waals surface area contributed by atoms with Crippen LogP contribution in [0.5, 0.6) is 0 Å². The minimum atomic E-state index is -0.288. The average molecular weight is 380 g/mol. The van der Waals surface area contributed by atoms with E-state index in [4.69, 9.17) is 4.74 Å². The molecule has 28 heavy (non-hydrogen) atoms. The van der Waals surface area contributed by atoms with E-state index < -0.39 is 0 Å². The summed E-state index contributed by atoms with van der Waals surface area (Å²) in [5, 5.41) is 3.12. The molecular weight excluding hydrogens is 352 g/mol. The maximum absolute atomic E-state index is 12.8. The Labute approximate surface area is 166 Å². The molecule has 0 bridgehead atoms. The molecule has 1 aliphatic heterocycles. The van der Waals surface area contributed by atoms with Crippen LogP contribution >= 0.6 is 0 Å². The quantitative estimate of drug-likeness (QED) is 0.751. The van der Waals surface area contributed by atoms with E-state index in [1.807, 2.05) is 48.3 Å². The second-order valence-electron chi connectivity index (χ2n) is 7.29. The number of likely N-dealkylation sites (N-methyl/N-ethyl adjacent to an activating group) is 1. The zero-order chi connectivity index (χ0) is 19.9. The van der Waals surface area contributed by atoms with Crippen molar-refractivity contribution in [3.8, 4) is 0 Å². The number of nitrogens with zero attached hydrogens (tertiary/aromatic N) is 1. The second kappa shape index (κ2) is 9.51. The first-order chi connectivity index (χ1) is 13.6.